The molecule has 0 spiro atoms. The quantitative estimate of drug-likeness (QED) is 0.798. The number of alkyl halides is 1. The van der Waals surface area contributed by atoms with Crippen molar-refractivity contribution in [2.45, 2.75) is 24.8 Å². The van der Waals surface area contributed by atoms with Crippen molar-refractivity contribution in [2.75, 3.05) is 20.1 Å². The fraction of sp³-hybridized carbons (Fsp3) is 0.467. The predicted molar refractivity (Wildman–Crippen MR) is 79.8 cm³/mol. The second-order valence-electron chi connectivity index (χ2n) is 5.41. The summed E-state index contributed by atoms with van der Waals surface area (Å²) in [6, 6.07) is 8.23. The Labute approximate surface area is 123 Å². The van der Waals surface area contributed by atoms with Crippen LogP contribution in [0.4, 0.5) is 0 Å². The predicted octanol–water partition coefficient (Wildman–Crippen LogP) is 2.91. The number of nitrogens with zero attached hydrogens (tertiary/aromatic N) is 4. The Morgan fingerprint density at radius 2 is 2.35 bits per heavy atom. The van der Waals surface area contributed by atoms with E-state index in [1.165, 1.54) is 6.42 Å². The van der Waals surface area contributed by atoms with Crippen LogP contribution in [0, 0.1) is 11.3 Å². The first-order valence-corrected chi connectivity index (χ1v) is 7.42. The van der Waals surface area contributed by atoms with Gasteiger partial charge in [-0.1, -0.05) is 0 Å². The maximum Gasteiger partial charge on any atom is 0.125 e. The molecule has 1 aliphatic heterocycles. The Bertz CT molecular complexity index is 670. The fourth-order valence-electron chi connectivity index (χ4n) is 3.06. The lowest BCUT2D eigenvalue weighted by atomic mass is 10.1. The topological polar surface area (TPSA) is 44.9 Å². The minimum Gasteiger partial charge on any atom is -0.323 e. The SMILES string of the molecule is CN1CCCC(n2c(CCl)nc3ccc(C#N)cc32)C1. The lowest BCUT2D eigenvalue weighted by Gasteiger charge is -2.31. The summed E-state index contributed by atoms with van der Waals surface area (Å²) in [5.41, 5.74) is 2.62. The van der Waals surface area contributed by atoms with Gasteiger partial charge in [0.05, 0.1) is 28.5 Å². The number of imidazole rings is 1. The molecule has 3 rings (SSSR count). The summed E-state index contributed by atoms with van der Waals surface area (Å²) in [6.07, 6.45) is 2.32. The van der Waals surface area contributed by atoms with Crippen LogP contribution in [-0.4, -0.2) is 34.6 Å². The fourth-order valence-corrected chi connectivity index (χ4v) is 3.25. The van der Waals surface area contributed by atoms with Crippen molar-refractivity contribution < 1.29 is 0 Å². The Hall–Kier alpha value is -1.57. The zero-order valence-electron chi connectivity index (χ0n) is 11.5. The molecule has 1 aromatic heterocycles. The van der Waals surface area contributed by atoms with Gasteiger partial charge in [0.15, 0.2) is 0 Å². The van der Waals surface area contributed by atoms with Gasteiger partial charge >= 0.3 is 0 Å². The van der Waals surface area contributed by atoms with Crippen LogP contribution in [0.15, 0.2) is 18.2 Å². The molecule has 0 amide bonds. The smallest absolute Gasteiger partial charge is 0.125 e. The molecule has 0 bridgehead atoms. The van der Waals surface area contributed by atoms with Crippen LogP contribution < -0.4 is 0 Å². The summed E-state index contributed by atoms with van der Waals surface area (Å²) < 4.78 is 2.23. The summed E-state index contributed by atoms with van der Waals surface area (Å²) in [5, 5.41) is 9.09. The minimum absolute atomic E-state index is 0.390. The van der Waals surface area contributed by atoms with Crippen LogP contribution in [0.25, 0.3) is 11.0 Å². The molecular formula is C15H17ClN4. The third kappa shape index (κ3) is 2.28. The van der Waals surface area contributed by atoms with Gasteiger partial charge in [-0.05, 0) is 44.6 Å². The summed E-state index contributed by atoms with van der Waals surface area (Å²) in [7, 11) is 2.15. The highest BCUT2D eigenvalue weighted by atomic mass is 35.5. The molecule has 1 saturated heterocycles. The van der Waals surface area contributed by atoms with Gasteiger partial charge in [-0.15, -0.1) is 11.6 Å². The number of halogens is 1. The van der Waals surface area contributed by atoms with E-state index < -0.39 is 0 Å². The molecule has 4 nitrogen and oxygen atoms in total. The van der Waals surface area contributed by atoms with Crippen LogP contribution in [0.2, 0.25) is 0 Å². The Morgan fingerprint density at radius 1 is 1.50 bits per heavy atom. The van der Waals surface area contributed by atoms with Crippen molar-refractivity contribution in [3.05, 3.63) is 29.6 Å². The van der Waals surface area contributed by atoms with E-state index in [0.717, 1.165) is 36.4 Å². The Kier molecular flexibility index (Phi) is 3.64. The van der Waals surface area contributed by atoms with Gasteiger partial charge in [-0.3, -0.25) is 0 Å². The molecule has 0 N–H and O–H groups in total. The van der Waals surface area contributed by atoms with E-state index in [9.17, 15) is 0 Å². The first kappa shape index (κ1) is 13.4. The van der Waals surface area contributed by atoms with Crippen molar-refractivity contribution >= 4 is 22.6 Å². The number of fused-ring (bicyclic) bond motifs is 1. The zero-order chi connectivity index (χ0) is 14.1. The number of piperidine rings is 1. The molecule has 1 aliphatic rings. The monoisotopic (exact) mass is 288 g/mol. The molecule has 0 saturated carbocycles. The van der Waals surface area contributed by atoms with Gasteiger partial charge in [-0.2, -0.15) is 5.26 Å². The number of benzene rings is 1. The van der Waals surface area contributed by atoms with Gasteiger partial charge in [0.2, 0.25) is 0 Å². The van der Waals surface area contributed by atoms with E-state index >= 15 is 0 Å². The molecule has 1 unspecified atom stereocenters. The molecule has 2 aromatic rings. The zero-order valence-corrected chi connectivity index (χ0v) is 12.3. The van der Waals surface area contributed by atoms with Gasteiger partial charge < -0.3 is 9.47 Å². The lowest BCUT2D eigenvalue weighted by Crippen LogP contribution is -2.34. The number of hydrogen-bond donors (Lipinski definition) is 0. The van der Waals surface area contributed by atoms with Crippen molar-refractivity contribution in [1.29, 1.82) is 5.26 Å². The molecule has 0 aliphatic carbocycles. The van der Waals surface area contributed by atoms with Gasteiger partial charge in [0.1, 0.15) is 5.82 Å². The first-order chi connectivity index (χ1) is 9.72. The highest BCUT2D eigenvalue weighted by Crippen LogP contribution is 2.28. The van der Waals surface area contributed by atoms with Crippen LogP contribution in [0.5, 0.6) is 0 Å². The summed E-state index contributed by atoms with van der Waals surface area (Å²) in [5.74, 6) is 1.30. The molecular weight excluding hydrogens is 272 g/mol. The average Bonchev–Trinajstić information content (AvgIpc) is 2.84. The molecule has 1 fully saturated rings. The number of aromatic nitrogens is 2. The third-order valence-corrected chi connectivity index (χ3v) is 4.21. The van der Waals surface area contributed by atoms with E-state index in [0.29, 0.717) is 17.5 Å². The standard InChI is InChI=1S/C15H17ClN4/c1-19-6-2-3-12(10-19)20-14-7-11(9-17)4-5-13(14)18-15(20)8-16/h4-5,7,12H,2-3,6,8,10H2,1H3. The molecule has 1 atom stereocenters. The molecule has 104 valence electrons. The second-order valence-corrected chi connectivity index (χ2v) is 5.67. The average molecular weight is 289 g/mol. The van der Waals surface area contributed by atoms with Gasteiger partial charge in [0, 0.05) is 12.6 Å². The summed E-state index contributed by atoms with van der Waals surface area (Å²) >= 11 is 6.07. The van der Waals surface area contributed by atoms with Crippen molar-refractivity contribution in [1.82, 2.24) is 14.5 Å². The number of nitriles is 1. The number of hydrogen-bond acceptors (Lipinski definition) is 3. The van der Waals surface area contributed by atoms with Crippen LogP contribution in [0.1, 0.15) is 30.3 Å². The summed E-state index contributed by atoms with van der Waals surface area (Å²) in [4.78, 5) is 6.95. The summed E-state index contributed by atoms with van der Waals surface area (Å²) in [6.45, 7) is 2.15. The highest BCUT2D eigenvalue weighted by Gasteiger charge is 2.23. The molecule has 20 heavy (non-hydrogen) atoms. The van der Waals surface area contributed by atoms with Gasteiger partial charge in [0.25, 0.3) is 0 Å². The Balaban J connectivity index is 2.13. The Morgan fingerprint density at radius 3 is 3.05 bits per heavy atom. The minimum atomic E-state index is 0.390. The number of likely N-dealkylation sites (tertiary alicyclic amines) is 1. The lowest BCUT2D eigenvalue weighted by molar-refractivity contribution is 0.213. The van der Waals surface area contributed by atoms with E-state index in [1.807, 2.05) is 18.2 Å². The number of likely N-dealkylation sites (N-methyl/N-ethyl adjacent to an activating group) is 1. The van der Waals surface area contributed by atoms with E-state index in [4.69, 9.17) is 16.9 Å². The van der Waals surface area contributed by atoms with Crippen molar-refractivity contribution in [3.63, 3.8) is 0 Å². The van der Waals surface area contributed by atoms with Crippen LogP contribution in [-0.2, 0) is 5.88 Å². The van der Waals surface area contributed by atoms with E-state index in [2.05, 4.69) is 27.6 Å². The second kappa shape index (κ2) is 5.43. The van der Waals surface area contributed by atoms with Crippen molar-refractivity contribution in [2.24, 2.45) is 0 Å². The van der Waals surface area contributed by atoms with Crippen LogP contribution >= 0.6 is 11.6 Å². The van der Waals surface area contributed by atoms with E-state index in [1.54, 1.807) is 0 Å². The highest BCUT2D eigenvalue weighted by molar-refractivity contribution is 6.16. The molecule has 0 radical (unpaired) electrons. The third-order valence-electron chi connectivity index (χ3n) is 3.98. The van der Waals surface area contributed by atoms with Crippen LogP contribution in [0.3, 0.4) is 0 Å². The maximum absolute atomic E-state index is 9.09. The molecule has 1 aromatic carbocycles. The largest absolute Gasteiger partial charge is 0.323 e. The first-order valence-electron chi connectivity index (χ1n) is 6.88. The number of rotatable bonds is 2. The van der Waals surface area contributed by atoms with E-state index in [-0.39, 0.29) is 0 Å². The van der Waals surface area contributed by atoms with Gasteiger partial charge in [-0.25, -0.2) is 4.98 Å². The normalized spacial score (nSPS) is 20.1. The maximum atomic E-state index is 9.09. The molecule has 5 heteroatoms. The molecule has 2 heterocycles. The van der Waals surface area contributed by atoms with Crippen molar-refractivity contribution in [3.8, 4) is 6.07 Å².